The van der Waals surface area contributed by atoms with Gasteiger partial charge < -0.3 is 0 Å². The molecule has 0 nitrogen and oxygen atoms in total. The molecule has 0 bridgehead atoms. The van der Waals surface area contributed by atoms with Gasteiger partial charge in [0.15, 0.2) is 0 Å². The minimum absolute atomic E-state index is 0.912. The van der Waals surface area contributed by atoms with Gasteiger partial charge in [0.25, 0.3) is 0 Å². The van der Waals surface area contributed by atoms with E-state index in [1.54, 1.807) is 0 Å². The first-order valence-electron chi connectivity index (χ1n) is 4.72. The van der Waals surface area contributed by atoms with Crippen molar-refractivity contribution in [2.75, 3.05) is 0 Å². The molecule has 0 heteroatoms. The Hall–Kier alpha value is 0. The van der Waals surface area contributed by atoms with Crippen molar-refractivity contribution in [1.29, 1.82) is 0 Å². The zero-order valence-electron chi connectivity index (χ0n) is 7.56. The number of hydrogen-bond acceptors (Lipinski definition) is 0. The van der Waals surface area contributed by atoms with Gasteiger partial charge in [0, 0.05) is 0 Å². The molecule has 1 rings (SSSR count). The lowest BCUT2D eigenvalue weighted by atomic mass is 9.75. The average Bonchev–Trinajstić information content (AvgIpc) is 1.88. The molecule has 1 aliphatic rings. The molecule has 1 fully saturated rings. The summed E-state index contributed by atoms with van der Waals surface area (Å²) in [6.07, 6.45) is 5.92. The van der Waals surface area contributed by atoms with Crippen molar-refractivity contribution in [2.24, 2.45) is 17.8 Å². The summed E-state index contributed by atoms with van der Waals surface area (Å²) in [5, 5.41) is 0. The molecule has 0 aliphatic heterocycles. The SMILES string of the molecule is CC(C)[C@H]1CCCCC1C. The predicted octanol–water partition coefficient (Wildman–Crippen LogP) is 3.47. The maximum absolute atomic E-state index is 2.42. The predicted molar refractivity (Wildman–Crippen MR) is 46.0 cm³/mol. The highest BCUT2D eigenvalue weighted by atomic mass is 14.3. The van der Waals surface area contributed by atoms with Crippen LogP contribution in [0.3, 0.4) is 0 Å². The lowest BCUT2D eigenvalue weighted by molar-refractivity contribution is 0.196. The summed E-state index contributed by atoms with van der Waals surface area (Å²) in [6.45, 7) is 7.16. The highest BCUT2D eigenvalue weighted by Crippen LogP contribution is 2.34. The van der Waals surface area contributed by atoms with Crippen molar-refractivity contribution < 1.29 is 0 Å². The van der Waals surface area contributed by atoms with Crippen molar-refractivity contribution in [2.45, 2.75) is 46.5 Å². The molecule has 0 aromatic rings. The summed E-state index contributed by atoms with van der Waals surface area (Å²) in [7, 11) is 0. The third-order valence-electron chi connectivity index (χ3n) is 3.03. The van der Waals surface area contributed by atoms with Gasteiger partial charge in [-0.1, -0.05) is 40.0 Å². The highest BCUT2D eigenvalue weighted by Gasteiger charge is 2.23. The molecule has 0 radical (unpaired) electrons. The van der Waals surface area contributed by atoms with Gasteiger partial charge in [-0.3, -0.25) is 0 Å². The summed E-state index contributed by atoms with van der Waals surface area (Å²) in [5.41, 5.74) is 0. The Morgan fingerprint density at radius 3 is 2.10 bits per heavy atom. The van der Waals surface area contributed by atoms with E-state index in [-0.39, 0.29) is 0 Å². The van der Waals surface area contributed by atoms with Crippen LogP contribution < -0.4 is 0 Å². The lowest BCUT2D eigenvalue weighted by Crippen LogP contribution is -2.21. The minimum atomic E-state index is 0.912. The zero-order valence-corrected chi connectivity index (χ0v) is 7.56. The number of rotatable bonds is 1. The van der Waals surface area contributed by atoms with Crippen molar-refractivity contribution in [3.05, 3.63) is 0 Å². The van der Waals surface area contributed by atoms with Crippen LogP contribution in [0.4, 0.5) is 0 Å². The van der Waals surface area contributed by atoms with Crippen LogP contribution in [0.2, 0.25) is 0 Å². The van der Waals surface area contributed by atoms with Crippen molar-refractivity contribution in [1.82, 2.24) is 0 Å². The van der Waals surface area contributed by atoms with Gasteiger partial charge in [0.05, 0.1) is 0 Å². The third kappa shape index (κ3) is 1.74. The van der Waals surface area contributed by atoms with Crippen LogP contribution in [-0.2, 0) is 0 Å². The molecule has 0 saturated heterocycles. The first-order valence-corrected chi connectivity index (χ1v) is 4.72. The Bertz CT molecular complexity index is 94.2. The first kappa shape index (κ1) is 8.10. The van der Waals surface area contributed by atoms with Gasteiger partial charge in [0.2, 0.25) is 0 Å². The summed E-state index contributed by atoms with van der Waals surface area (Å²) in [5.74, 6) is 2.93. The van der Waals surface area contributed by atoms with Gasteiger partial charge in [-0.2, -0.15) is 0 Å². The van der Waals surface area contributed by atoms with E-state index in [9.17, 15) is 0 Å². The molecule has 1 saturated carbocycles. The molecule has 10 heavy (non-hydrogen) atoms. The van der Waals surface area contributed by atoms with E-state index in [0.29, 0.717) is 0 Å². The maximum atomic E-state index is 2.42. The van der Waals surface area contributed by atoms with E-state index in [4.69, 9.17) is 0 Å². The second kappa shape index (κ2) is 3.41. The number of hydrogen-bond donors (Lipinski definition) is 0. The van der Waals surface area contributed by atoms with Crippen molar-refractivity contribution in [3.63, 3.8) is 0 Å². The van der Waals surface area contributed by atoms with Crippen LogP contribution >= 0.6 is 0 Å². The highest BCUT2D eigenvalue weighted by molar-refractivity contribution is 4.74. The van der Waals surface area contributed by atoms with Crippen molar-refractivity contribution in [3.8, 4) is 0 Å². The molecule has 0 amide bonds. The molecule has 1 aliphatic carbocycles. The van der Waals surface area contributed by atoms with E-state index in [0.717, 1.165) is 17.8 Å². The average molecular weight is 140 g/mol. The van der Waals surface area contributed by atoms with E-state index < -0.39 is 0 Å². The Labute approximate surface area is 65.0 Å². The second-order valence-corrected chi connectivity index (χ2v) is 4.17. The molecule has 0 spiro atoms. The lowest BCUT2D eigenvalue weighted by Gasteiger charge is -2.31. The first-order chi connectivity index (χ1) is 4.72. The van der Waals surface area contributed by atoms with Gasteiger partial charge in [-0.15, -0.1) is 0 Å². The molecular weight excluding hydrogens is 120 g/mol. The molecule has 1 unspecified atom stereocenters. The Balaban J connectivity index is 2.40. The van der Waals surface area contributed by atoms with Crippen LogP contribution in [0.15, 0.2) is 0 Å². The topological polar surface area (TPSA) is 0 Å². The van der Waals surface area contributed by atoms with Gasteiger partial charge in [-0.25, -0.2) is 0 Å². The van der Waals surface area contributed by atoms with E-state index in [2.05, 4.69) is 20.8 Å². The molecular formula is C10H20. The van der Waals surface area contributed by atoms with Crippen LogP contribution in [0.5, 0.6) is 0 Å². The maximum Gasteiger partial charge on any atom is -0.0365 e. The van der Waals surface area contributed by atoms with Gasteiger partial charge in [-0.05, 0) is 24.2 Å². The molecule has 2 atom stereocenters. The Morgan fingerprint density at radius 2 is 1.70 bits per heavy atom. The Morgan fingerprint density at radius 1 is 1.10 bits per heavy atom. The smallest absolute Gasteiger partial charge is 0.0365 e. The van der Waals surface area contributed by atoms with Gasteiger partial charge >= 0.3 is 0 Å². The molecule has 60 valence electrons. The quantitative estimate of drug-likeness (QED) is 0.523. The molecule has 0 N–H and O–H groups in total. The van der Waals surface area contributed by atoms with Crippen LogP contribution in [0, 0.1) is 17.8 Å². The fourth-order valence-electron chi connectivity index (χ4n) is 2.34. The summed E-state index contributed by atoms with van der Waals surface area (Å²) in [4.78, 5) is 0. The van der Waals surface area contributed by atoms with E-state index in [1.807, 2.05) is 0 Å². The van der Waals surface area contributed by atoms with Crippen LogP contribution in [0.25, 0.3) is 0 Å². The Kier molecular flexibility index (Phi) is 2.76. The van der Waals surface area contributed by atoms with Crippen molar-refractivity contribution >= 4 is 0 Å². The van der Waals surface area contributed by atoms with Crippen LogP contribution in [0.1, 0.15) is 46.5 Å². The fraction of sp³-hybridized carbons (Fsp3) is 1.00. The summed E-state index contributed by atoms with van der Waals surface area (Å²) in [6, 6.07) is 0. The van der Waals surface area contributed by atoms with E-state index >= 15 is 0 Å². The molecule has 0 heterocycles. The minimum Gasteiger partial charge on any atom is -0.0625 e. The standard InChI is InChI=1S/C10H20/c1-8(2)10-7-5-4-6-9(10)3/h8-10H,4-7H2,1-3H3/t9?,10-/m1/s1. The normalized spacial score (nSPS) is 34.8. The monoisotopic (exact) mass is 140 g/mol. The fourth-order valence-corrected chi connectivity index (χ4v) is 2.34. The molecule has 0 aromatic carbocycles. The largest absolute Gasteiger partial charge is 0.0625 e. The second-order valence-electron chi connectivity index (χ2n) is 4.17. The third-order valence-corrected chi connectivity index (χ3v) is 3.03. The molecule has 0 aromatic heterocycles. The van der Waals surface area contributed by atoms with Gasteiger partial charge in [0.1, 0.15) is 0 Å². The summed E-state index contributed by atoms with van der Waals surface area (Å²) >= 11 is 0. The summed E-state index contributed by atoms with van der Waals surface area (Å²) < 4.78 is 0. The zero-order chi connectivity index (χ0) is 7.56. The van der Waals surface area contributed by atoms with E-state index in [1.165, 1.54) is 25.7 Å². The van der Waals surface area contributed by atoms with Crippen LogP contribution in [-0.4, -0.2) is 0 Å².